The van der Waals surface area contributed by atoms with Gasteiger partial charge < -0.3 is 17.7 Å². The van der Waals surface area contributed by atoms with Gasteiger partial charge in [0, 0.05) is 0 Å². The highest BCUT2D eigenvalue weighted by Gasteiger charge is 2.57. The second kappa shape index (κ2) is 6.28. The number of carbonyl (C=O) groups is 3. The quantitative estimate of drug-likeness (QED) is 0.478. The van der Waals surface area contributed by atoms with E-state index in [-0.39, 0.29) is 25.2 Å². The van der Waals surface area contributed by atoms with Crippen LogP contribution in [0.2, 0.25) is 0 Å². The van der Waals surface area contributed by atoms with Crippen LogP contribution in [0.1, 0.15) is 0 Å². The summed E-state index contributed by atoms with van der Waals surface area (Å²) in [5.41, 5.74) is 0. The van der Waals surface area contributed by atoms with Crippen molar-refractivity contribution in [1.29, 1.82) is 0 Å². The van der Waals surface area contributed by atoms with E-state index in [9.17, 15) is 14.4 Å². The number of carbonyl (C=O) groups excluding carboxylic acids is 3. The largest absolute Gasteiger partial charge is 0.972 e. The number of para-hydroxylation sites is 1. The third-order valence-corrected chi connectivity index (χ3v) is 3.20. The molecule has 0 saturated heterocycles. The van der Waals surface area contributed by atoms with Crippen LogP contribution in [-0.2, 0) is 27.7 Å². The molecule has 17 heavy (non-hydrogen) atoms. The van der Waals surface area contributed by atoms with Crippen molar-refractivity contribution in [1.82, 2.24) is 0 Å². The molecule has 0 heterocycles. The number of hydrogen-bond donors (Lipinski definition) is 0. The Morgan fingerprint density at radius 2 is 1.29 bits per heavy atom. The van der Waals surface area contributed by atoms with E-state index < -0.39 is 9.05 Å². The van der Waals surface area contributed by atoms with Crippen LogP contribution in [-0.4, -0.2) is 28.5 Å². The zero-order valence-electron chi connectivity index (χ0n) is 8.48. The molecule has 0 unspecified atom stereocenters. The smallest absolute Gasteiger partial charge is 0.452 e. The summed E-state index contributed by atoms with van der Waals surface area (Å²) in [6.07, 6.45) is 0. The molecule has 0 bridgehead atoms. The van der Waals surface area contributed by atoms with Crippen LogP contribution in [0.25, 0.3) is 0 Å². The Kier molecular flexibility index (Phi) is 4.70. The van der Waals surface area contributed by atoms with Crippen molar-refractivity contribution < 1.29 is 32.1 Å². The van der Waals surface area contributed by atoms with Crippen molar-refractivity contribution >= 4 is 28.5 Å². The molecule has 0 saturated carbocycles. The van der Waals surface area contributed by atoms with Crippen LogP contribution in [0.3, 0.4) is 0 Å². The first-order chi connectivity index (χ1) is 8.26. The molecule has 0 atom stereocenters. The zero-order valence-corrected chi connectivity index (χ0v) is 9.48. The number of rotatable bonds is 8. The first kappa shape index (κ1) is 12.7. The summed E-state index contributed by atoms with van der Waals surface area (Å²) in [6.45, 7) is -0.0769. The Bertz CT molecular complexity index is 354. The van der Waals surface area contributed by atoms with Gasteiger partial charge in [0.25, 0.3) is 19.4 Å². The van der Waals surface area contributed by atoms with Crippen LogP contribution in [0, 0.1) is 0 Å². The maximum absolute atomic E-state index is 10.3. The fourth-order valence-corrected chi connectivity index (χ4v) is 2.05. The lowest BCUT2D eigenvalue weighted by molar-refractivity contribution is -0.139. The van der Waals surface area contributed by atoms with Gasteiger partial charge >= 0.3 is 9.05 Å². The summed E-state index contributed by atoms with van der Waals surface area (Å²) in [7, 11) is -4.14. The Morgan fingerprint density at radius 1 is 0.824 bits per heavy atom. The summed E-state index contributed by atoms with van der Waals surface area (Å²) in [5, 5.41) is 0. The van der Waals surface area contributed by atoms with Gasteiger partial charge in [-0.2, -0.15) is 0 Å². The molecule has 0 fully saturated rings. The summed E-state index contributed by atoms with van der Waals surface area (Å²) in [4.78, 5) is 30.9. The van der Waals surface area contributed by atoms with Crippen LogP contribution in [0.5, 0.6) is 5.75 Å². The number of hydrogen-bond acceptors (Lipinski definition) is 7. The normalized spacial score (nSPS) is 9.88. The third kappa shape index (κ3) is 3.61. The van der Waals surface area contributed by atoms with E-state index in [2.05, 4.69) is 13.3 Å². The lowest BCUT2D eigenvalue weighted by Gasteiger charge is -2.20. The van der Waals surface area contributed by atoms with Gasteiger partial charge in [-0.3, -0.25) is 14.4 Å². The summed E-state index contributed by atoms with van der Waals surface area (Å²) < 4.78 is 18.4. The highest BCUT2D eigenvalue weighted by atomic mass is 28.4. The van der Waals surface area contributed by atoms with Gasteiger partial charge in [-0.1, -0.05) is 18.2 Å². The lowest BCUT2D eigenvalue weighted by atomic mass is 10.3. The Hall–Kier alpha value is -2.35. The SMILES string of the molecule is O=CO[Si](OC=O)(OC=O)Oc1ccccc1. The van der Waals surface area contributed by atoms with Gasteiger partial charge in [-0.15, -0.1) is 0 Å². The molecule has 90 valence electrons. The van der Waals surface area contributed by atoms with E-state index in [0.29, 0.717) is 0 Å². The third-order valence-electron chi connectivity index (χ3n) is 1.56. The van der Waals surface area contributed by atoms with E-state index in [1.165, 1.54) is 12.1 Å². The van der Waals surface area contributed by atoms with Gasteiger partial charge in [-0.05, 0) is 12.1 Å². The molecule has 0 radical (unpaired) electrons. The Balaban J connectivity index is 2.90. The van der Waals surface area contributed by atoms with Crippen molar-refractivity contribution in [3.8, 4) is 5.75 Å². The fourth-order valence-electron chi connectivity index (χ4n) is 0.965. The molecule has 1 aromatic carbocycles. The van der Waals surface area contributed by atoms with Crippen LogP contribution >= 0.6 is 0 Å². The minimum absolute atomic E-state index is 0.0256. The zero-order chi connectivity index (χ0) is 12.6. The van der Waals surface area contributed by atoms with Crippen molar-refractivity contribution in [3.05, 3.63) is 30.3 Å². The van der Waals surface area contributed by atoms with E-state index in [1.54, 1.807) is 18.2 Å². The molecule has 0 N–H and O–H groups in total. The standard InChI is InChI=1S/C9H8O7Si/c10-6-13-17(14-7-11,15-8-12)16-9-4-2-1-3-5-9/h1-8H. The maximum atomic E-state index is 10.3. The average molecular weight is 256 g/mol. The van der Waals surface area contributed by atoms with Crippen molar-refractivity contribution in [2.45, 2.75) is 0 Å². The van der Waals surface area contributed by atoms with Crippen LogP contribution in [0.15, 0.2) is 30.3 Å². The van der Waals surface area contributed by atoms with Crippen LogP contribution in [0.4, 0.5) is 0 Å². The van der Waals surface area contributed by atoms with E-state index in [4.69, 9.17) is 4.43 Å². The molecule has 7 nitrogen and oxygen atoms in total. The molecule has 8 heteroatoms. The molecule has 0 aliphatic rings. The summed E-state index contributed by atoms with van der Waals surface area (Å²) in [6, 6.07) is 8.02. The molecule has 0 amide bonds. The minimum atomic E-state index is -4.14. The molecule has 0 aliphatic carbocycles. The first-order valence-corrected chi connectivity index (χ1v) is 5.98. The van der Waals surface area contributed by atoms with Crippen molar-refractivity contribution in [3.63, 3.8) is 0 Å². The van der Waals surface area contributed by atoms with Crippen molar-refractivity contribution in [2.75, 3.05) is 0 Å². The van der Waals surface area contributed by atoms with Crippen LogP contribution < -0.4 is 4.43 Å². The van der Waals surface area contributed by atoms with Gasteiger partial charge in [0.2, 0.25) is 0 Å². The predicted octanol–water partition coefficient (Wildman–Crippen LogP) is 0.0200. The molecule has 1 aromatic rings. The maximum Gasteiger partial charge on any atom is 0.972 e. The monoisotopic (exact) mass is 256 g/mol. The summed E-state index contributed by atoms with van der Waals surface area (Å²) in [5.74, 6) is 0.227. The molecule has 0 spiro atoms. The summed E-state index contributed by atoms with van der Waals surface area (Å²) >= 11 is 0. The van der Waals surface area contributed by atoms with E-state index >= 15 is 0 Å². The molecule has 0 aromatic heterocycles. The predicted molar refractivity (Wildman–Crippen MR) is 54.3 cm³/mol. The van der Waals surface area contributed by atoms with Gasteiger partial charge in [-0.25, -0.2) is 0 Å². The second-order valence-electron chi connectivity index (χ2n) is 2.56. The topological polar surface area (TPSA) is 88.1 Å². The Labute approximate surface area is 97.3 Å². The van der Waals surface area contributed by atoms with Gasteiger partial charge in [0.15, 0.2) is 0 Å². The van der Waals surface area contributed by atoms with Gasteiger partial charge in [0.05, 0.1) is 0 Å². The minimum Gasteiger partial charge on any atom is -0.452 e. The first-order valence-electron chi connectivity index (χ1n) is 4.35. The molecular weight excluding hydrogens is 248 g/mol. The average Bonchev–Trinajstić information content (AvgIpc) is 2.31. The molecule has 1 rings (SSSR count). The number of benzene rings is 1. The van der Waals surface area contributed by atoms with Gasteiger partial charge in [0.1, 0.15) is 5.75 Å². The highest BCUT2D eigenvalue weighted by molar-refractivity contribution is 6.58. The molecule has 0 aliphatic heterocycles. The highest BCUT2D eigenvalue weighted by Crippen LogP contribution is 2.16. The van der Waals surface area contributed by atoms with E-state index in [1.807, 2.05) is 0 Å². The Morgan fingerprint density at radius 3 is 1.71 bits per heavy atom. The second-order valence-corrected chi connectivity index (χ2v) is 4.47. The van der Waals surface area contributed by atoms with E-state index in [0.717, 1.165) is 0 Å². The van der Waals surface area contributed by atoms with Crippen molar-refractivity contribution in [2.24, 2.45) is 0 Å². The lowest BCUT2D eigenvalue weighted by Crippen LogP contribution is -2.51. The molecular formula is C9H8O7Si. The fraction of sp³-hybridized carbons (Fsp3) is 0.